The first kappa shape index (κ1) is 15.1. The first-order valence-electron chi connectivity index (χ1n) is 8.14. The molecule has 1 aliphatic heterocycles. The lowest BCUT2D eigenvalue weighted by atomic mass is 10.2. The fourth-order valence-electron chi connectivity index (χ4n) is 2.91. The molecule has 126 valence electrons. The molecule has 0 aliphatic carbocycles. The lowest BCUT2D eigenvalue weighted by Gasteiger charge is -2.19. The summed E-state index contributed by atoms with van der Waals surface area (Å²) in [6.45, 7) is 5.62. The monoisotopic (exact) mass is 329 g/mol. The van der Waals surface area contributed by atoms with Crippen LogP contribution >= 0.6 is 0 Å². The zero-order valence-corrected chi connectivity index (χ0v) is 13.7. The zero-order chi connectivity index (χ0) is 16.5. The number of aromatic nitrogens is 4. The van der Waals surface area contributed by atoms with Crippen LogP contribution in [0, 0.1) is 0 Å². The van der Waals surface area contributed by atoms with E-state index in [9.17, 15) is 0 Å². The average Bonchev–Trinajstić information content (AvgIpc) is 3.35. The number of likely N-dealkylation sites (tertiary alicyclic amines) is 1. The number of furan rings is 1. The van der Waals surface area contributed by atoms with Gasteiger partial charge >= 0.3 is 0 Å². The highest BCUT2D eigenvalue weighted by atomic mass is 16.5. The highest BCUT2D eigenvalue weighted by molar-refractivity contribution is 5.42. The zero-order valence-electron chi connectivity index (χ0n) is 13.7. The molecular weight excluding hydrogens is 310 g/mol. The minimum absolute atomic E-state index is 0.107. The van der Waals surface area contributed by atoms with Gasteiger partial charge in [0.2, 0.25) is 5.89 Å². The molecule has 8 nitrogen and oxygen atoms in total. The van der Waals surface area contributed by atoms with Crippen molar-refractivity contribution in [3.8, 4) is 11.7 Å². The van der Waals surface area contributed by atoms with Crippen molar-refractivity contribution in [1.29, 1.82) is 0 Å². The molecule has 0 aromatic carbocycles. The molecule has 3 aromatic rings. The second kappa shape index (κ2) is 6.20. The van der Waals surface area contributed by atoms with E-state index in [4.69, 9.17) is 13.5 Å². The Morgan fingerprint density at radius 3 is 2.92 bits per heavy atom. The van der Waals surface area contributed by atoms with Crippen molar-refractivity contribution in [3.05, 3.63) is 35.9 Å². The molecule has 4 rings (SSSR count). The molecule has 0 radical (unpaired) electrons. The van der Waals surface area contributed by atoms with Crippen LogP contribution in [0.2, 0.25) is 0 Å². The summed E-state index contributed by atoms with van der Waals surface area (Å²) < 4.78 is 16.0. The molecule has 1 saturated heterocycles. The molecule has 1 atom stereocenters. The molecule has 0 amide bonds. The third-order valence-corrected chi connectivity index (χ3v) is 4.17. The summed E-state index contributed by atoms with van der Waals surface area (Å²) in [6, 6.07) is 3.69. The van der Waals surface area contributed by atoms with Crippen molar-refractivity contribution in [2.24, 2.45) is 0 Å². The van der Waals surface area contributed by atoms with E-state index in [1.54, 1.807) is 18.4 Å². The molecule has 0 N–H and O–H groups in total. The predicted octanol–water partition coefficient (Wildman–Crippen LogP) is 3.17. The van der Waals surface area contributed by atoms with Crippen molar-refractivity contribution in [2.75, 3.05) is 6.54 Å². The molecule has 0 spiro atoms. The van der Waals surface area contributed by atoms with Gasteiger partial charge in [-0.3, -0.25) is 4.90 Å². The van der Waals surface area contributed by atoms with Gasteiger partial charge in [-0.05, 0) is 31.5 Å². The largest absolute Gasteiger partial charge is 0.459 e. The Morgan fingerprint density at radius 2 is 2.17 bits per heavy atom. The summed E-state index contributed by atoms with van der Waals surface area (Å²) in [5, 5.41) is 8.11. The Hall–Kier alpha value is -2.48. The lowest BCUT2D eigenvalue weighted by Crippen LogP contribution is -2.23. The smallest absolute Gasteiger partial charge is 0.293 e. The molecule has 0 saturated carbocycles. The normalized spacial score (nSPS) is 18.7. The SMILES string of the molecule is CC(C)c1noc([C@@H]2CCCN2Cc2noc(-c3ccco3)n2)n1. The quantitative estimate of drug-likeness (QED) is 0.704. The molecule has 24 heavy (non-hydrogen) atoms. The number of nitrogens with zero attached hydrogens (tertiary/aromatic N) is 5. The summed E-state index contributed by atoms with van der Waals surface area (Å²) in [4.78, 5) is 11.2. The Bertz CT molecular complexity index is 792. The summed E-state index contributed by atoms with van der Waals surface area (Å²) in [7, 11) is 0. The van der Waals surface area contributed by atoms with Gasteiger partial charge in [0.05, 0.1) is 18.8 Å². The van der Waals surface area contributed by atoms with Crippen molar-refractivity contribution in [2.45, 2.75) is 45.2 Å². The van der Waals surface area contributed by atoms with Gasteiger partial charge in [-0.25, -0.2) is 0 Å². The van der Waals surface area contributed by atoms with Crippen molar-refractivity contribution in [3.63, 3.8) is 0 Å². The number of hydrogen-bond donors (Lipinski definition) is 0. The molecule has 1 fully saturated rings. The topological polar surface area (TPSA) is 94.2 Å². The highest BCUT2D eigenvalue weighted by Crippen LogP contribution is 2.32. The van der Waals surface area contributed by atoms with E-state index < -0.39 is 0 Å². The maximum Gasteiger partial charge on any atom is 0.293 e. The van der Waals surface area contributed by atoms with E-state index in [1.165, 1.54) is 0 Å². The standard InChI is InChI=1S/C16H19N5O3/c1-10(2)14-18-15(23-20-14)11-5-3-7-21(11)9-13-17-16(24-19-13)12-6-4-8-22-12/h4,6,8,10-11H,3,5,7,9H2,1-2H3/t11-/m0/s1. The molecule has 3 aromatic heterocycles. The third kappa shape index (κ3) is 2.84. The van der Waals surface area contributed by atoms with Crippen LogP contribution in [0.5, 0.6) is 0 Å². The van der Waals surface area contributed by atoms with Gasteiger partial charge in [0.25, 0.3) is 5.89 Å². The molecule has 0 bridgehead atoms. The highest BCUT2D eigenvalue weighted by Gasteiger charge is 2.32. The van der Waals surface area contributed by atoms with Gasteiger partial charge in [-0.1, -0.05) is 24.2 Å². The van der Waals surface area contributed by atoms with Crippen molar-refractivity contribution < 1.29 is 13.5 Å². The second-order valence-corrected chi connectivity index (χ2v) is 6.27. The van der Waals surface area contributed by atoms with Crippen LogP contribution in [-0.2, 0) is 6.54 Å². The number of rotatable bonds is 5. The predicted molar refractivity (Wildman–Crippen MR) is 82.8 cm³/mol. The van der Waals surface area contributed by atoms with E-state index >= 15 is 0 Å². The van der Waals surface area contributed by atoms with E-state index in [0.29, 0.717) is 29.9 Å². The molecule has 1 aliphatic rings. The first-order chi connectivity index (χ1) is 11.7. The van der Waals surface area contributed by atoms with Crippen LogP contribution in [0.4, 0.5) is 0 Å². The van der Waals surface area contributed by atoms with Gasteiger partial charge in [0.1, 0.15) is 0 Å². The second-order valence-electron chi connectivity index (χ2n) is 6.27. The Kier molecular flexibility index (Phi) is 3.89. The van der Waals surface area contributed by atoms with Gasteiger partial charge < -0.3 is 13.5 Å². The van der Waals surface area contributed by atoms with E-state index in [0.717, 1.165) is 25.2 Å². The van der Waals surface area contributed by atoms with Gasteiger partial charge in [0.15, 0.2) is 17.4 Å². The van der Waals surface area contributed by atoms with E-state index in [2.05, 4.69) is 39.0 Å². The molecule has 8 heteroatoms. The van der Waals surface area contributed by atoms with E-state index in [-0.39, 0.29) is 12.0 Å². The fourth-order valence-corrected chi connectivity index (χ4v) is 2.91. The first-order valence-corrected chi connectivity index (χ1v) is 8.14. The van der Waals surface area contributed by atoms with Gasteiger partial charge in [-0.2, -0.15) is 9.97 Å². The molecule has 0 unspecified atom stereocenters. The summed E-state index contributed by atoms with van der Waals surface area (Å²) in [6.07, 6.45) is 3.65. The van der Waals surface area contributed by atoms with Crippen molar-refractivity contribution >= 4 is 0 Å². The van der Waals surface area contributed by atoms with Crippen molar-refractivity contribution in [1.82, 2.24) is 25.2 Å². The van der Waals surface area contributed by atoms with E-state index in [1.807, 2.05) is 0 Å². The maximum atomic E-state index is 5.46. The summed E-state index contributed by atoms with van der Waals surface area (Å²) in [5.41, 5.74) is 0. The lowest BCUT2D eigenvalue weighted by molar-refractivity contribution is 0.195. The Labute approximate surface area is 138 Å². The van der Waals surface area contributed by atoms with Crippen LogP contribution in [0.1, 0.15) is 56.2 Å². The summed E-state index contributed by atoms with van der Waals surface area (Å²) >= 11 is 0. The van der Waals surface area contributed by atoms with Crippen LogP contribution in [0.15, 0.2) is 31.9 Å². The van der Waals surface area contributed by atoms with Crippen LogP contribution in [0.3, 0.4) is 0 Å². The van der Waals surface area contributed by atoms with Gasteiger partial charge in [0, 0.05) is 5.92 Å². The van der Waals surface area contributed by atoms with Gasteiger partial charge in [-0.15, -0.1) is 0 Å². The minimum atomic E-state index is 0.107. The average molecular weight is 329 g/mol. The number of hydrogen-bond acceptors (Lipinski definition) is 8. The Balaban J connectivity index is 1.49. The molecular formula is C16H19N5O3. The third-order valence-electron chi connectivity index (χ3n) is 4.17. The van der Waals surface area contributed by atoms with Crippen LogP contribution in [-0.4, -0.2) is 31.7 Å². The van der Waals surface area contributed by atoms with Crippen LogP contribution < -0.4 is 0 Å². The minimum Gasteiger partial charge on any atom is -0.459 e. The summed E-state index contributed by atoms with van der Waals surface area (Å²) in [5.74, 6) is 3.26. The Morgan fingerprint density at radius 1 is 1.25 bits per heavy atom. The fraction of sp³-hybridized carbons (Fsp3) is 0.500. The molecule has 4 heterocycles. The maximum absolute atomic E-state index is 5.46. The van der Waals surface area contributed by atoms with Crippen LogP contribution in [0.25, 0.3) is 11.7 Å².